The average Bonchev–Trinajstić information content (AvgIpc) is 2.58. The molecule has 0 aliphatic rings. The molecule has 0 amide bonds. The van der Waals surface area contributed by atoms with E-state index in [0.717, 1.165) is 0 Å². The fraction of sp³-hybridized carbons (Fsp3) is 0.118. The molecule has 0 atom stereocenters. The van der Waals surface area contributed by atoms with Crippen molar-refractivity contribution in [2.45, 2.75) is 6.61 Å². The molecule has 7 heteroatoms. The highest BCUT2D eigenvalue weighted by Crippen LogP contribution is 2.23. The maximum atomic E-state index is 12.1. The third kappa shape index (κ3) is 3.46. The van der Waals surface area contributed by atoms with Gasteiger partial charge in [0, 0.05) is 39.9 Å². The summed E-state index contributed by atoms with van der Waals surface area (Å²) in [5.41, 5.74) is 0.724. The maximum absolute atomic E-state index is 12.1. The van der Waals surface area contributed by atoms with Crippen molar-refractivity contribution in [3.8, 4) is 5.75 Å². The zero-order valence-corrected chi connectivity index (χ0v) is 14.2. The van der Waals surface area contributed by atoms with Crippen molar-refractivity contribution in [2.24, 2.45) is 0 Å². The zero-order valence-electron chi connectivity index (χ0n) is 12.6. The fourth-order valence-corrected chi connectivity index (χ4v) is 2.57. The Labute approximate surface area is 145 Å². The van der Waals surface area contributed by atoms with Gasteiger partial charge in [-0.1, -0.05) is 0 Å². The Morgan fingerprint density at radius 1 is 1.25 bits per heavy atom. The van der Waals surface area contributed by atoms with E-state index >= 15 is 0 Å². The second kappa shape index (κ2) is 6.84. The summed E-state index contributed by atoms with van der Waals surface area (Å²) in [4.78, 5) is 27.7. The number of esters is 1. The first-order chi connectivity index (χ1) is 11.6. The smallest absolute Gasteiger partial charge is 0.340 e. The molecule has 1 aromatic carbocycles. The highest BCUT2D eigenvalue weighted by molar-refractivity contribution is 9.10. The van der Waals surface area contributed by atoms with Crippen molar-refractivity contribution >= 4 is 32.9 Å². The number of halogens is 1. The zero-order chi connectivity index (χ0) is 17.1. The Bertz CT molecular complexity index is 967. The van der Waals surface area contributed by atoms with Crippen LogP contribution in [0.4, 0.5) is 0 Å². The first-order valence-corrected chi connectivity index (χ1v) is 7.74. The number of ether oxygens (including phenoxy) is 2. The Morgan fingerprint density at radius 3 is 2.83 bits per heavy atom. The van der Waals surface area contributed by atoms with Gasteiger partial charge < -0.3 is 13.9 Å². The number of pyridine rings is 1. The van der Waals surface area contributed by atoms with Crippen LogP contribution in [0.1, 0.15) is 15.9 Å². The lowest BCUT2D eigenvalue weighted by atomic mass is 10.1. The molecule has 0 aliphatic carbocycles. The SMILES string of the molecule is COc1ccc2c(COC(=O)c3cncc(Br)c3)cc(=O)oc2c1. The van der Waals surface area contributed by atoms with E-state index in [4.69, 9.17) is 13.9 Å². The van der Waals surface area contributed by atoms with E-state index in [1.807, 2.05) is 0 Å². The number of carbonyl (C=O) groups excluding carboxylic acids is 1. The molecule has 0 unspecified atom stereocenters. The van der Waals surface area contributed by atoms with Crippen molar-refractivity contribution in [2.75, 3.05) is 7.11 Å². The number of methoxy groups -OCH3 is 1. The number of rotatable bonds is 4. The summed E-state index contributed by atoms with van der Waals surface area (Å²) in [6, 6.07) is 8.02. The molecule has 0 saturated carbocycles. The van der Waals surface area contributed by atoms with E-state index in [9.17, 15) is 9.59 Å². The highest BCUT2D eigenvalue weighted by atomic mass is 79.9. The van der Waals surface area contributed by atoms with E-state index in [0.29, 0.717) is 32.3 Å². The second-order valence-electron chi connectivity index (χ2n) is 4.92. The van der Waals surface area contributed by atoms with E-state index in [-0.39, 0.29) is 6.61 Å². The lowest BCUT2D eigenvalue weighted by molar-refractivity contribution is 0.0473. The predicted molar refractivity (Wildman–Crippen MR) is 90.1 cm³/mol. The van der Waals surface area contributed by atoms with Crippen LogP contribution in [0, 0.1) is 0 Å². The monoisotopic (exact) mass is 389 g/mol. The van der Waals surface area contributed by atoms with Crippen LogP contribution in [0.15, 0.2) is 56.4 Å². The third-order valence-corrected chi connectivity index (χ3v) is 3.77. The van der Waals surface area contributed by atoms with Gasteiger partial charge in [0.05, 0.1) is 12.7 Å². The van der Waals surface area contributed by atoms with E-state index in [2.05, 4.69) is 20.9 Å². The minimum atomic E-state index is -0.529. The summed E-state index contributed by atoms with van der Waals surface area (Å²) in [5, 5.41) is 0.676. The Morgan fingerprint density at radius 2 is 2.08 bits per heavy atom. The first-order valence-electron chi connectivity index (χ1n) is 6.95. The normalized spacial score (nSPS) is 10.6. The molecule has 0 spiro atoms. The minimum Gasteiger partial charge on any atom is -0.497 e. The molecular weight excluding hydrogens is 378 g/mol. The molecule has 122 valence electrons. The maximum Gasteiger partial charge on any atom is 0.340 e. The van der Waals surface area contributed by atoms with Crippen LogP contribution in [-0.4, -0.2) is 18.1 Å². The van der Waals surface area contributed by atoms with Crippen LogP contribution in [-0.2, 0) is 11.3 Å². The minimum absolute atomic E-state index is 0.0558. The Hall–Kier alpha value is -2.67. The molecule has 0 fully saturated rings. The van der Waals surface area contributed by atoms with E-state index < -0.39 is 11.6 Å². The van der Waals surface area contributed by atoms with Crippen LogP contribution in [0.25, 0.3) is 11.0 Å². The van der Waals surface area contributed by atoms with Gasteiger partial charge in [-0.15, -0.1) is 0 Å². The quantitative estimate of drug-likeness (QED) is 0.503. The van der Waals surface area contributed by atoms with Crippen LogP contribution in [0.5, 0.6) is 5.75 Å². The topological polar surface area (TPSA) is 78.6 Å². The molecule has 0 aliphatic heterocycles. The molecular formula is C17H12BrNO5. The summed E-state index contributed by atoms with van der Waals surface area (Å²) >= 11 is 3.25. The summed E-state index contributed by atoms with van der Waals surface area (Å²) in [6.45, 7) is -0.0558. The van der Waals surface area contributed by atoms with Gasteiger partial charge >= 0.3 is 11.6 Å². The van der Waals surface area contributed by atoms with E-state index in [1.54, 1.807) is 30.5 Å². The lowest BCUT2D eigenvalue weighted by Gasteiger charge is -2.08. The van der Waals surface area contributed by atoms with Crippen LogP contribution in [0.2, 0.25) is 0 Å². The highest BCUT2D eigenvalue weighted by Gasteiger charge is 2.12. The van der Waals surface area contributed by atoms with Gasteiger partial charge in [-0.3, -0.25) is 4.98 Å². The van der Waals surface area contributed by atoms with Crippen LogP contribution >= 0.6 is 15.9 Å². The summed E-state index contributed by atoms with van der Waals surface area (Å²) < 4.78 is 16.2. The van der Waals surface area contributed by atoms with Gasteiger partial charge in [-0.05, 0) is 34.1 Å². The number of nitrogens with zero attached hydrogens (tertiary/aromatic N) is 1. The van der Waals surface area contributed by atoms with Crippen LogP contribution < -0.4 is 10.4 Å². The van der Waals surface area contributed by atoms with Crippen LogP contribution in [0.3, 0.4) is 0 Å². The van der Waals surface area contributed by atoms with Gasteiger partial charge in [-0.2, -0.15) is 0 Å². The van der Waals surface area contributed by atoms with Gasteiger partial charge in [0.15, 0.2) is 0 Å². The second-order valence-corrected chi connectivity index (χ2v) is 5.84. The fourth-order valence-electron chi connectivity index (χ4n) is 2.21. The third-order valence-electron chi connectivity index (χ3n) is 3.34. The lowest BCUT2D eigenvalue weighted by Crippen LogP contribution is -2.08. The number of hydrogen-bond acceptors (Lipinski definition) is 6. The summed E-state index contributed by atoms with van der Waals surface area (Å²) in [7, 11) is 1.52. The summed E-state index contributed by atoms with van der Waals surface area (Å²) in [5.74, 6) is 0.0405. The van der Waals surface area contributed by atoms with Gasteiger partial charge in [-0.25, -0.2) is 9.59 Å². The summed E-state index contributed by atoms with van der Waals surface area (Å²) in [6.07, 6.45) is 2.98. The standard InChI is InChI=1S/C17H12BrNO5/c1-22-13-2-3-14-11(5-16(20)24-15(14)6-13)9-23-17(21)10-4-12(18)8-19-7-10/h2-8H,9H2,1H3. The number of carbonyl (C=O) groups is 1. The van der Waals surface area contributed by atoms with Crippen molar-refractivity contribution in [1.82, 2.24) is 4.98 Å². The molecule has 2 aromatic heterocycles. The Balaban J connectivity index is 1.87. The van der Waals surface area contributed by atoms with E-state index in [1.165, 1.54) is 19.4 Å². The molecule has 6 nitrogen and oxygen atoms in total. The number of benzene rings is 1. The predicted octanol–water partition coefficient (Wildman–Crippen LogP) is 3.32. The van der Waals surface area contributed by atoms with Crippen molar-refractivity contribution in [3.05, 3.63) is 68.7 Å². The van der Waals surface area contributed by atoms with Gasteiger partial charge in [0.25, 0.3) is 0 Å². The molecule has 3 rings (SSSR count). The van der Waals surface area contributed by atoms with Crippen molar-refractivity contribution < 1.29 is 18.7 Å². The number of aromatic nitrogens is 1. The number of hydrogen-bond donors (Lipinski definition) is 0. The van der Waals surface area contributed by atoms with Gasteiger partial charge in [0.2, 0.25) is 0 Å². The van der Waals surface area contributed by atoms with Crippen molar-refractivity contribution in [1.29, 1.82) is 0 Å². The first kappa shape index (κ1) is 16.2. The number of fused-ring (bicyclic) bond motifs is 1. The molecule has 2 heterocycles. The van der Waals surface area contributed by atoms with Crippen molar-refractivity contribution in [3.63, 3.8) is 0 Å². The molecule has 0 radical (unpaired) electrons. The van der Waals surface area contributed by atoms with Gasteiger partial charge in [0.1, 0.15) is 17.9 Å². The molecule has 24 heavy (non-hydrogen) atoms. The molecule has 0 saturated heterocycles. The molecule has 0 N–H and O–H groups in total. The molecule has 0 bridgehead atoms. The Kier molecular flexibility index (Phi) is 4.61. The average molecular weight is 390 g/mol. The molecule has 3 aromatic rings. The largest absolute Gasteiger partial charge is 0.497 e.